The highest BCUT2D eigenvalue weighted by molar-refractivity contribution is 7.15. The number of aryl methyl sites for hydroxylation is 2. The number of thiophene rings is 1. The maximum atomic E-state index is 11.3. The number of amides is 1. The third kappa shape index (κ3) is 4.29. The Morgan fingerprint density at radius 1 is 1.17 bits per heavy atom. The fourth-order valence-corrected chi connectivity index (χ4v) is 3.13. The molecule has 0 spiro atoms. The predicted molar refractivity (Wildman–Crippen MR) is 93.6 cm³/mol. The van der Waals surface area contributed by atoms with Crippen molar-refractivity contribution >= 4 is 17.2 Å². The molecule has 0 atom stereocenters. The van der Waals surface area contributed by atoms with Gasteiger partial charge in [-0.15, -0.1) is 11.3 Å². The summed E-state index contributed by atoms with van der Waals surface area (Å²) in [7, 11) is 0. The first-order valence-electron chi connectivity index (χ1n) is 7.97. The van der Waals surface area contributed by atoms with Crippen LogP contribution >= 0.6 is 11.3 Å². The van der Waals surface area contributed by atoms with E-state index in [1.807, 2.05) is 37.3 Å². The van der Waals surface area contributed by atoms with E-state index in [-0.39, 0.29) is 5.91 Å². The SMILES string of the molecule is CCC(=O)NCc1ccc(-c2noc(CCc3ccccc3)n2)s1. The van der Waals surface area contributed by atoms with Gasteiger partial charge < -0.3 is 9.84 Å². The molecule has 124 valence electrons. The Morgan fingerprint density at radius 2 is 2.00 bits per heavy atom. The highest BCUT2D eigenvalue weighted by Gasteiger charge is 2.11. The van der Waals surface area contributed by atoms with Crippen LogP contribution in [0.1, 0.15) is 29.7 Å². The lowest BCUT2D eigenvalue weighted by molar-refractivity contribution is -0.120. The maximum absolute atomic E-state index is 11.3. The van der Waals surface area contributed by atoms with Gasteiger partial charge in [0.1, 0.15) is 0 Å². The lowest BCUT2D eigenvalue weighted by Crippen LogP contribution is -2.20. The molecule has 24 heavy (non-hydrogen) atoms. The summed E-state index contributed by atoms with van der Waals surface area (Å²) in [6.07, 6.45) is 2.09. The summed E-state index contributed by atoms with van der Waals surface area (Å²) in [5.41, 5.74) is 1.25. The standard InChI is InChI=1S/C18H19N3O2S/c1-2-16(22)19-12-14-9-10-15(24-14)18-20-17(23-21-18)11-8-13-6-4-3-5-7-13/h3-7,9-10H,2,8,11-12H2,1H3,(H,19,22). The molecule has 1 N–H and O–H groups in total. The molecule has 2 heterocycles. The lowest BCUT2D eigenvalue weighted by Gasteiger charge is -1.99. The maximum Gasteiger partial charge on any atom is 0.227 e. The highest BCUT2D eigenvalue weighted by Crippen LogP contribution is 2.26. The minimum Gasteiger partial charge on any atom is -0.351 e. The number of hydrogen-bond donors (Lipinski definition) is 1. The van der Waals surface area contributed by atoms with Gasteiger partial charge in [-0.1, -0.05) is 42.4 Å². The van der Waals surface area contributed by atoms with Gasteiger partial charge in [-0.3, -0.25) is 4.79 Å². The molecule has 0 fully saturated rings. The second kappa shape index (κ2) is 7.88. The molecular weight excluding hydrogens is 322 g/mol. The Kier molecular flexibility index (Phi) is 5.38. The van der Waals surface area contributed by atoms with Gasteiger partial charge in [0.2, 0.25) is 17.6 Å². The number of benzene rings is 1. The second-order valence-electron chi connectivity index (χ2n) is 5.39. The van der Waals surface area contributed by atoms with Gasteiger partial charge in [-0.05, 0) is 24.1 Å². The zero-order chi connectivity index (χ0) is 16.8. The van der Waals surface area contributed by atoms with Crippen LogP contribution in [0.15, 0.2) is 47.0 Å². The predicted octanol–water partition coefficient (Wildman–Crippen LogP) is 3.61. The molecular formula is C18H19N3O2S. The summed E-state index contributed by atoms with van der Waals surface area (Å²) in [5, 5.41) is 6.92. The molecule has 3 rings (SSSR count). The first kappa shape index (κ1) is 16.4. The number of aromatic nitrogens is 2. The van der Waals surface area contributed by atoms with E-state index in [0.29, 0.717) is 24.7 Å². The van der Waals surface area contributed by atoms with Crippen molar-refractivity contribution in [2.45, 2.75) is 32.7 Å². The number of nitrogens with one attached hydrogen (secondary N) is 1. The lowest BCUT2D eigenvalue weighted by atomic mass is 10.1. The normalized spacial score (nSPS) is 10.7. The van der Waals surface area contributed by atoms with Crippen molar-refractivity contribution in [1.82, 2.24) is 15.5 Å². The molecule has 3 aromatic rings. The van der Waals surface area contributed by atoms with E-state index in [1.165, 1.54) is 5.56 Å². The van der Waals surface area contributed by atoms with Crippen molar-refractivity contribution in [2.75, 3.05) is 0 Å². The van der Waals surface area contributed by atoms with E-state index in [1.54, 1.807) is 11.3 Å². The van der Waals surface area contributed by atoms with Gasteiger partial charge in [0.15, 0.2) is 0 Å². The van der Waals surface area contributed by atoms with Gasteiger partial charge in [0.25, 0.3) is 0 Å². The number of nitrogens with zero attached hydrogens (tertiary/aromatic N) is 2. The largest absolute Gasteiger partial charge is 0.351 e. The van der Waals surface area contributed by atoms with Gasteiger partial charge in [0.05, 0.1) is 11.4 Å². The van der Waals surface area contributed by atoms with Gasteiger partial charge in [-0.2, -0.15) is 4.98 Å². The Morgan fingerprint density at radius 3 is 2.79 bits per heavy atom. The second-order valence-corrected chi connectivity index (χ2v) is 6.56. The molecule has 0 saturated carbocycles. The van der Waals surface area contributed by atoms with Gasteiger partial charge in [-0.25, -0.2) is 0 Å². The summed E-state index contributed by atoms with van der Waals surface area (Å²) < 4.78 is 5.34. The molecule has 1 aromatic carbocycles. The average Bonchev–Trinajstić information content (AvgIpc) is 3.28. The van der Waals surface area contributed by atoms with Crippen LogP contribution in [0, 0.1) is 0 Å². The topological polar surface area (TPSA) is 68.0 Å². The fourth-order valence-electron chi connectivity index (χ4n) is 2.26. The fraction of sp³-hybridized carbons (Fsp3) is 0.278. The van der Waals surface area contributed by atoms with Crippen molar-refractivity contribution in [3.05, 3.63) is 58.8 Å². The summed E-state index contributed by atoms with van der Waals surface area (Å²) in [5.74, 6) is 1.30. The summed E-state index contributed by atoms with van der Waals surface area (Å²) >= 11 is 1.57. The van der Waals surface area contributed by atoms with E-state index in [9.17, 15) is 4.79 Å². The smallest absolute Gasteiger partial charge is 0.227 e. The van der Waals surface area contributed by atoms with Crippen LogP contribution in [-0.4, -0.2) is 16.0 Å². The van der Waals surface area contributed by atoms with Crippen LogP contribution in [0.25, 0.3) is 10.7 Å². The van der Waals surface area contributed by atoms with Crippen molar-refractivity contribution in [2.24, 2.45) is 0 Å². The summed E-state index contributed by atoms with van der Waals surface area (Å²) in [4.78, 5) is 17.8. The van der Waals surface area contributed by atoms with Crippen LogP contribution in [0.2, 0.25) is 0 Å². The van der Waals surface area contributed by atoms with Crippen LogP contribution in [-0.2, 0) is 24.2 Å². The van der Waals surface area contributed by atoms with Gasteiger partial charge in [0, 0.05) is 17.7 Å². The summed E-state index contributed by atoms with van der Waals surface area (Å²) in [6.45, 7) is 2.38. The molecule has 2 aromatic heterocycles. The molecule has 0 aliphatic heterocycles. The Hall–Kier alpha value is -2.47. The molecule has 6 heteroatoms. The van der Waals surface area contributed by atoms with Crippen LogP contribution in [0.4, 0.5) is 0 Å². The first-order valence-corrected chi connectivity index (χ1v) is 8.78. The number of carbonyl (C=O) groups excluding carboxylic acids is 1. The van der Waals surface area contributed by atoms with E-state index in [0.717, 1.165) is 22.6 Å². The molecule has 0 unspecified atom stereocenters. The first-order chi connectivity index (χ1) is 11.7. The molecule has 0 bridgehead atoms. The van der Waals surface area contributed by atoms with E-state index in [2.05, 4.69) is 27.6 Å². The molecule has 5 nitrogen and oxygen atoms in total. The van der Waals surface area contributed by atoms with Crippen molar-refractivity contribution < 1.29 is 9.32 Å². The minimum absolute atomic E-state index is 0.0488. The van der Waals surface area contributed by atoms with Gasteiger partial charge >= 0.3 is 0 Å². The van der Waals surface area contributed by atoms with E-state index < -0.39 is 0 Å². The van der Waals surface area contributed by atoms with E-state index >= 15 is 0 Å². The van der Waals surface area contributed by atoms with E-state index in [4.69, 9.17) is 4.52 Å². The van der Waals surface area contributed by atoms with Crippen LogP contribution < -0.4 is 5.32 Å². The molecule has 0 aliphatic carbocycles. The van der Waals surface area contributed by atoms with Crippen LogP contribution in [0.5, 0.6) is 0 Å². The number of carbonyl (C=O) groups is 1. The molecule has 0 saturated heterocycles. The zero-order valence-corrected chi connectivity index (χ0v) is 14.3. The third-order valence-corrected chi connectivity index (χ3v) is 4.68. The monoisotopic (exact) mass is 341 g/mol. The average molecular weight is 341 g/mol. The summed E-state index contributed by atoms with van der Waals surface area (Å²) in [6, 6.07) is 14.2. The highest BCUT2D eigenvalue weighted by atomic mass is 32.1. The van der Waals surface area contributed by atoms with Crippen molar-refractivity contribution in [1.29, 1.82) is 0 Å². The quantitative estimate of drug-likeness (QED) is 0.713. The molecule has 0 radical (unpaired) electrons. The molecule has 0 aliphatic rings. The van der Waals surface area contributed by atoms with Crippen LogP contribution in [0.3, 0.4) is 0 Å². The minimum atomic E-state index is 0.0488. The number of hydrogen-bond acceptors (Lipinski definition) is 5. The van der Waals surface area contributed by atoms with Crippen molar-refractivity contribution in [3.63, 3.8) is 0 Å². The third-order valence-electron chi connectivity index (χ3n) is 3.60. The molecule has 1 amide bonds. The van der Waals surface area contributed by atoms with Crippen molar-refractivity contribution in [3.8, 4) is 10.7 Å². The Bertz CT molecular complexity index is 795. The Labute approximate surface area is 144 Å². The zero-order valence-electron chi connectivity index (χ0n) is 13.5. The Balaban J connectivity index is 1.59. The number of rotatable bonds is 7.